The molecule has 0 aliphatic rings. The molecule has 34 heavy (non-hydrogen) atoms. The van der Waals surface area contributed by atoms with Gasteiger partial charge in [0.05, 0.1) is 35.4 Å². The molecular weight excluding hydrogens is 478 g/mol. The molecule has 0 atom stereocenters. The van der Waals surface area contributed by atoms with Crippen molar-refractivity contribution in [1.82, 2.24) is 0 Å². The van der Waals surface area contributed by atoms with Crippen LogP contribution in [0.25, 0.3) is 0 Å². The molecule has 2 N–H and O–H groups in total. The minimum atomic E-state index is -4.00. The zero-order valence-electron chi connectivity index (χ0n) is 18.5. The molecule has 0 radical (unpaired) electrons. The Hall–Kier alpha value is -3.88. The van der Waals surface area contributed by atoms with Gasteiger partial charge in [-0.25, -0.2) is 13.2 Å². The Kier molecular flexibility index (Phi) is 7.55. The van der Waals surface area contributed by atoms with Gasteiger partial charge in [-0.1, -0.05) is 12.1 Å². The van der Waals surface area contributed by atoms with E-state index in [4.69, 9.17) is 9.47 Å². The number of hydrogen-bond acceptors (Lipinski definition) is 8. The van der Waals surface area contributed by atoms with Crippen LogP contribution in [0.4, 0.5) is 10.7 Å². The van der Waals surface area contributed by atoms with E-state index in [-0.39, 0.29) is 38.2 Å². The monoisotopic (exact) mass is 499 g/mol. The maximum absolute atomic E-state index is 13.0. The quantitative estimate of drug-likeness (QED) is 0.444. The van der Waals surface area contributed by atoms with Crippen molar-refractivity contribution in [3.63, 3.8) is 0 Å². The molecular formula is C23H21N3O6S2. The Balaban J connectivity index is 1.90. The average molecular weight is 500 g/mol. The first-order valence-corrected chi connectivity index (χ1v) is 12.3. The second-order valence-electron chi connectivity index (χ2n) is 6.87. The predicted molar refractivity (Wildman–Crippen MR) is 128 cm³/mol. The number of rotatable bonds is 8. The summed E-state index contributed by atoms with van der Waals surface area (Å²) < 4.78 is 38.2. The zero-order valence-corrected chi connectivity index (χ0v) is 20.2. The van der Waals surface area contributed by atoms with E-state index >= 15 is 0 Å². The maximum atomic E-state index is 13.0. The van der Waals surface area contributed by atoms with Crippen LogP contribution in [0.1, 0.15) is 38.1 Å². The second kappa shape index (κ2) is 10.4. The molecule has 0 bridgehead atoms. The maximum Gasteiger partial charge on any atom is 0.348 e. The fourth-order valence-electron chi connectivity index (χ4n) is 3.03. The number of amides is 1. The molecule has 0 unspecified atom stereocenters. The van der Waals surface area contributed by atoms with Gasteiger partial charge in [-0.15, -0.1) is 11.3 Å². The molecule has 9 nitrogen and oxygen atoms in total. The number of methoxy groups -OCH3 is 1. The summed E-state index contributed by atoms with van der Waals surface area (Å²) in [4.78, 5) is 25.4. The normalized spacial score (nSPS) is 10.8. The molecule has 176 valence electrons. The van der Waals surface area contributed by atoms with Crippen molar-refractivity contribution in [2.45, 2.75) is 18.7 Å². The van der Waals surface area contributed by atoms with Gasteiger partial charge in [0.25, 0.3) is 15.9 Å². The number of nitrogens with one attached hydrogen (secondary N) is 2. The predicted octanol–water partition coefficient (Wildman–Crippen LogP) is 4.17. The lowest BCUT2D eigenvalue weighted by molar-refractivity contribution is 0.0531. The molecule has 0 spiro atoms. The number of carbonyl (C=O) groups excluding carboxylic acids is 2. The van der Waals surface area contributed by atoms with Crippen molar-refractivity contribution < 1.29 is 27.5 Å². The van der Waals surface area contributed by atoms with E-state index in [2.05, 4.69) is 10.0 Å². The summed E-state index contributed by atoms with van der Waals surface area (Å²) in [5.41, 5.74) is 0.618. The van der Waals surface area contributed by atoms with Gasteiger partial charge in [-0.3, -0.25) is 9.52 Å². The smallest absolute Gasteiger partial charge is 0.348 e. The average Bonchev–Trinajstić information content (AvgIpc) is 3.14. The zero-order chi connectivity index (χ0) is 24.9. The van der Waals surface area contributed by atoms with E-state index in [9.17, 15) is 23.3 Å². The lowest BCUT2D eigenvalue weighted by Gasteiger charge is -2.13. The molecule has 1 amide bonds. The summed E-state index contributed by atoms with van der Waals surface area (Å²) in [5.74, 6) is -0.740. The number of carbonyl (C=O) groups is 2. The van der Waals surface area contributed by atoms with Gasteiger partial charge in [0, 0.05) is 0 Å². The van der Waals surface area contributed by atoms with E-state index in [1.165, 1.54) is 43.5 Å². The lowest BCUT2D eigenvalue weighted by Crippen LogP contribution is -2.18. The van der Waals surface area contributed by atoms with Crippen molar-refractivity contribution in [2.24, 2.45) is 0 Å². The number of para-hydroxylation sites is 1. The topological polar surface area (TPSA) is 135 Å². The number of anilines is 2. The Labute approximate surface area is 201 Å². The van der Waals surface area contributed by atoms with Crippen LogP contribution in [-0.2, 0) is 14.8 Å². The molecule has 0 saturated heterocycles. The van der Waals surface area contributed by atoms with Gasteiger partial charge in [0.2, 0.25) is 0 Å². The summed E-state index contributed by atoms with van der Waals surface area (Å²) in [7, 11) is -2.53. The fourth-order valence-corrected chi connectivity index (χ4v) is 5.15. The third kappa shape index (κ3) is 5.19. The first-order chi connectivity index (χ1) is 16.2. The SMILES string of the molecule is CCOC(=O)c1sc(NC(=O)c2ccccc2NS(=O)(=O)c2ccc(OC)cc2)c(C#N)c1C. The minimum Gasteiger partial charge on any atom is -0.497 e. The minimum absolute atomic E-state index is 0.0109. The van der Waals surface area contributed by atoms with Crippen LogP contribution in [-0.4, -0.2) is 34.0 Å². The van der Waals surface area contributed by atoms with E-state index in [0.29, 0.717) is 11.3 Å². The highest BCUT2D eigenvalue weighted by Gasteiger charge is 2.24. The van der Waals surface area contributed by atoms with Crippen LogP contribution in [0.3, 0.4) is 0 Å². The van der Waals surface area contributed by atoms with E-state index in [1.54, 1.807) is 26.0 Å². The third-order valence-electron chi connectivity index (χ3n) is 4.73. The Morgan fingerprint density at radius 3 is 2.41 bits per heavy atom. The summed E-state index contributed by atoms with van der Waals surface area (Å²) in [6.07, 6.45) is 0. The molecule has 3 aromatic rings. The highest BCUT2D eigenvalue weighted by atomic mass is 32.2. The molecule has 0 aliphatic heterocycles. The molecule has 0 saturated carbocycles. The van der Waals surface area contributed by atoms with Crippen LogP contribution in [0.2, 0.25) is 0 Å². The Bertz CT molecular complexity index is 1370. The van der Waals surface area contributed by atoms with Gasteiger partial charge in [-0.2, -0.15) is 5.26 Å². The number of benzene rings is 2. The Morgan fingerprint density at radius 1 is 1.12 bits per heavy atom. The second-order valence-corrected chi connectivity index (χ2v) is 9.58. The van der Waals surface area contributed by atoms with E-state index < -0.39 is 21.9 Å². The highest BCUT2D eigenvalue weighted by Crippen LogP contribution is 2.34. The largest absolute Gasteiger partial charge is 0.497 e. The molecule has 1 aromatic heterocycles. The van der Waals surface area contributed by atoms with Crippen molar-refractivity contribution in [3.8, 4) is 11.8 Å². The molecule has 11 heteroatoms. The molecule has 2 aromatic carbocycles. The van der Waals surface area contributed by atoms with E-state index in [1.807, 2.05) is 6.07 Å². The molecule has 0 aliphatic carbocycles. The first kappa shape index (κ1) is 24.8. The molecule has 0 fully saturated rings. The fraction of sp³-hybridized carbons (Fsp3) is 0.174. The summed E-state index contributed by atoms with van der Waals surface area (Å²) >= 11 is 0.922. The summed E-state index contributed by atoms with van der Waals surface area (Å²) in [6, 6.07) is 13.8. The van der Waals surface area contributed by atoms with Crippen molar-refractivity contribution >= 4 is 43.9 Å². The number of hydrogen-bond donors (Lipinski definition) is 2. The van der Waals surface area contributed by atoms with Crippen LogP contribution in [0.15, 0.2) is 53.4 Å². The van der Waals surface area contributed by atoms with Gasteiger partial charge in [0.1, 0.15) is 21.7 Å². The van der Waals surface area contributed by atoms with E-state index in [0.717, 1.165) is 11.3 Å². The number of esters is 1. The number of thiophene rings is 1. The van der Waals surface area contributed by atoms with Crippen molar-refractivity contribution in [1.29, 1.82) is 5.26 Å². The number of ether oxygens (including phenoxy) is 2. The lowest BCUT2D eigenvalue weighted by atomic mass is 10.1. The third-order valence-corrected chi connectivity index (χ3v) is 7.30. The van der Waals surface area contributed by atoms with Crippen molar-refractivity contribution in [3.05, 3.63) is 70.1 Å². The van der Waals surface area contributed by atoms with Gasteiger partial charge in [-0.05, 0) is 55.8 Å². The standard InChI is InChI=1S/C23H21N3O6S2/c1-4-32-23(28)20-14(2)18(13-24)22(33-20)25-21(27)17-7-5-6-8-19(17)26-34(29,30)16-11-9-15(31-3)10-12-16/h5-12,26H,4H2,1-3H3,(H,25,27). The number of sulfonamides is 1. The van der Waals surface area contributed by atoms with Crippen LogP contribution in [0.5, 0.6) is 5.75 Å². The van der Waals surface area contributed by atoms with Crippen LogP contribution < -0.4 is 14.8 Å². The summed E-state index contributed by atoms with van der Waals surface area (Å²) in [5, 5.41) is 12.3. The highest BCUT2D eigenvalue weighted by molar-refractivity contribution is 7.92. The number of nitriles is 1. The van der Waals surface area contributed by atoms with Crippen LogP contribution >= 0.6 is 11.3 Å². The van der Waals surface area contributed by atoms with Gasteiger partial charge < -0.3 is 14.8 Å². The summed E-state index contributed by atoms with van der Waals surface area (Å²) in [6.45, 7) is 3.42. The van der Waals surface area contributed by atoms with Gasteiger partial charge >= 0.3 is 5.97 Å². The molecule has 1 heterocycles. The van der Waals surface area contributed by atoms with Crippen LogP contribution in [0, 0.1) is 18.3 Å². The molecule has 3 rings (SSSR count). The van der Waals surface area contributed by atoms with Crippen molar-refractivity contribution in [2.75, 3.05) is 23.8 Å². The van der Waals surface area contributed by atoms with Gasteiger partial charge in [0.15, 0.2) is 0 Å². The number of nitrogens with zero attached hydrogens (tertiary/aromatic N) is 1. The first-order valence-electron chi connectivity index (χ1n) is 9.99. The Morgan fingerprint density at radius 2 is 1.79 bits per heavy atom.